The summed E-state index contributed by atoms with van der Waals surface area (Å²) in [6.45, 7) is 7.21. The number of carbonyl (C=O) groups is 2. The molecule has 0 aliphatic carbocycles. The fourth-order valence-corrected chi connectivity index (χ4v) is 4.68. The number of Topliss-reactive ketones (excluding diaryl/α,β-unsaturated/α-hetero) is 1. The topological polar surface area (TPSA) is 97.8 Å². The zero-order chi connectivity index (χ0) is 25.8. The molecule has 1 atom stereocenters. The highest BCUT2D eigenvalue weighted by Gasteiger charge is 2.46. The van der Waals surface area contributed by atoms with Gasteiger partial charge in [0.05, 0.1) is 25.8 Å². The zero-order valence-electron chi connectivity index (χ0n) is 21.1. The number of likely N-dealkylation sites (tertiary alicyclic amines) is 1. The van der Waals surface area contributed by atoms with Crippen molar-refractivity contribution in [2.45, 2.75) is 26.3 Å². The molecule has 1 N–H and O–H groups in total. The van der Waals surface area contributed by atoms with Crippen molar-refractivity contribution in [1.82, 2.24) is 9.80 Å². The van der Waals surface area contributed by atoms with Crippen molar-refractivity contribution in [3.8, 4) is 23.0 Å². The molecular weight excluding hydrogens is 464 g/mol. The number of carbonyl (C=O) groups excluding carboxylic acids is 2. The number of fused-ring (bicyclic) bond motifs is 1. The molecule has 36 heavy (non-hydrogen) atoms. The SMILES string of the molecule is CCN(CC)CCCN1C(=O)C(=O)/C(=C(/O)c2ccc3c(c2)OCO3)C1c1ccc(OC)c(OC)c1. The molecule has 2 aromatic carbocycles. The lowest BCUT2D eigenvalue weighted by Gasteiger charge is -2.27. The van der Waals surface area contributed by atoms with Crippen LogP contribution in [0.4, 0.5) is 0 Å². The Morgan fingerprint density at radius 3 is 2.44 bits per heavy atom. The van der Waals surface area contributed by atoms with Gasteiger partial charge in [-0.3, -0.25) is 9.59 Å². The smallest absolute Gasteiger partial charge is 0.295 e. The average molecular weight is 497 g/mol. The monoisotopic (exact) mass is 496 g/mol. The van der Waals surface area contributed by atoms with Crippen LogP contribution in [-0.2, 0) is 9.59 Å². The number of ketones is 1. The number of aliphatic hydroxyl groups is 1. The molecule has 2 aromatic rings. The number of hydrogen-bond donors (Lipinski definition) is 1. The minimum absolute atomic E-state index is 0.0222. The highest BCUT2D eigenvalue weighted by Crippen LogP contribution is 2.43. The summed E-state index contributed by atoms with van der Waals surface area (Å²) in [5.41, 5.74) is 1.02. The molecule has 0 bridgehead atoms. The van der Waals surface area contributed by atoms with Crippen molar-refractivity contribution in [2.75, 3.05) is 47.2 Å². The molecule has 1 saturated heterocycles. The maximum atomic E-state index is 13.3. The first kappa shape index (κ1) is 25.4. The average Bonchev–Trinajstić information content (AvgIpc) is 3.48. The van der Waals surface area contributed by atoms with Crippen molar-refractivity contribution < 1.29 is 33.6 Å². The first-order valence-electron chi connectivity index (χ1n) is 12.1. The van der Waals surface area contributed by atoms with E-state index >= 15 is 0 Å². The summed E-state index contributed by atoms with van der Waals surface area (Å²) < 4.78 is 21.6. The minimum Gasteiger partial charge on any atom is -0.507 e. The van der Waals surface area contributed by atoms with E-state index in [0.29, 0.717) is 47.1 Å². The van der Waals surface area contributed by atoms with Gasteiger partial charge in [0.1, 0.15) is 5.76 Å². The Balaban J connectivity index is 1.78. The van der Waals surface area contributed by atoms with E-state index < -0.39 is 17.7 Å². The van der Waals surface area contributed by atoms with Crippen LogP contribution >= 0.6 is 0 Å². The molecule has 0 radical (unpaired) electrons. The number of rotatable bonds is 10. The van der Waals surface area contributed by atoms with E-state index in [0.717, 1.165) is 19.6 Å². The maximum absolute atomic E-state index is 13.3. The Bertz CT molecular complexity index is 1170. The first-order chi connectivity index (χ1) is 17.4. The Labute approximate surface area is 210 Å². The van der Waals surface area contributed by atoms with Gasteiger partial charge >= 0.3 is 0 Å². The van der Waals surface area contributed by atoms with E-state index in [1.54, 1.807) is 36.4 Å². The molecule has 4 rings (SSSR count). The highest BCUT2D eigenvalue weighted by atomic mass is 16.7. The fraction of sp³-hybridized carbons (Fsp3) is 0.407. The van der Waals surface area contributed by atoms with E-state index in [-0.39, 0.29) is 18.1 Å². The van der Waals surface area contributed by atoms with Crippen molar-refractivity contribution in [3.05, 3.63) is 53.1 Å². The van der Waals surface area contributed by atoms with Crippen LogP contribution < -0.4 is 18.9 Å². The van der Waals surface area contributed by atoms with Crippen LogP contribution in [0.25, 0.3) is 5.76 Å². The molecule has 0 saturated carbocycles. The second kappa shape index (κ2) is 10.9. The van der Waals surface area contributed by atoms with Crippen molar-refractivity contribution in [1.29, 1.82) is 0 Å². The van der Waals surface area contributed by atoms with Crippen LogP contribution in [0.2, 0.25) is 0 Å². The predicted octanol–water partition coefficient (Wildman–Crippen LogP) is 3.59. The molecule has 1 amide bonds. The van der Waals surface area contributed by atoms with Crippen molar-refractivity contribution in [3.63, 3.8) is 0 Å². The molecule has 192 valence electrons. The predicted molar refractivity (Wildman–Crippen MR) is 134 cm³/mol. The fourth-order valence-electron chi connectivity index (χ4n) is 4.68. The number of benzene rings is 2. The van der Waals surface area contributed by atoms with Crippen LogP contribution in [0.1, 0.15) is 37.4 Å². The van der Waals surface area contributed by atoms with Gasteiger partial charge in [0.2, 0.25) is 6.79 Å². The van der Waals surface area contributed by atoms with Gasteiger partial charge < -0.3 is 33.9 Å². The van der Waals surface area contributed by atoms with Gasteiger partial charge in [-0.25, -0.2) is 0 Å². The van der Waals surface area contributed by atoms with Gasteiger partial charge in [-0.05, 0) is 62.0 Å². The summed E-state index contributed by atoms with van der Waals surface area (Å²) in [7, 11) is 3.06. The molecule has 0 aromatic heterocycles. The van der Waals surface area contributed by atoms with Crippen molar-refractivity contribution in [2.24, 2.45) is 0 Å². The lowest BCUT2D eigenvalue weighted by molar-refractivity contribution is -0.140. The second-order valence-electron chi connectivity index (χ2n) is 8.56. The quantitative estimate of drug-likeness (QED) is 0.303. The van der Waals surface area contributed by atoms with Gasteiger partial charge in [-0.15, -0.1) is 0 Å². The largest absolute Gasteiger partial charge is 0.507 e. The summed E-state index contributed by atoms with van der Waals surface area (Å²) in [5.74, 6) is 0.374. The van der Waals surface area contributed by atoms with E-state index in [1.807, 2.05) is 0 Å². The Morgan fingerprint density at radius 2 is 1.75 bits per heavy atom. The van der Waals surface area contributed by atoms with E-state index in [9.17, 15) is 14.7 Å². The Hall–Kier alpha value is -3.72. The number of hydrogen-bond acceptors (Lipinski definition) is 8. The van der Waals surface area contributed by atoms with Crippen LogP contribution in [0.5, 0.6) is 23.0 Å². The summed E-state index contributed by atoms with van der Waals surface area (Å²) in [6, 6.07) is 9.38. The van der Waals surface area contributed by atoms with Gasteiger partial charge in [0.15, 0.2) is 23.0 Å². The number of nitrogens with zero attached hydrogens (tertiary/aromatic N) is 2. The van der Waals surface area contributed by atoms with Gasteiger partial charge in [0, 0.05) is 12.1 Å². The molecule has 9 heteroatoms. The van der Waals surface area contributed by atoms with Crippen LogP contribution in [0, 0.1) is 0 Å². The molecular formula is C27H32N2O7. The normalized spacial score (nSPS) is 18.2. The Morgan fingerprint density at radius 1 is 1.03 bits per heavy atom. The summed E-state index contributed by atoms with van der Waals surface area (Å²) in [6.07, 6.45) is 0.683. The summed E-state index contributed by atoms with van der Waals surface area (Å²) in [5, 5.41) is 11.3. The summed E-state index contributed by atoms with van der Waals surface area (Å²) >= 11 is 0. The molecule has 1 unspecified atom stereocenters. The molecule has 1 fully saturated rings. The van der Waals surface area contributed by atoms with Crippen molar-refractivity contribution >= 4 is 17.4 Å². The molecule has 2 heterocycles. The van der Waals surface area contributed by atoms with E-state index in [4.69, 9.17) is 18.9 Å². The van der Waals surface area contributed by atoms with Gasteiger partial charge in [0.25, 0.3) is 11.7 Å². The standard InChI is InChI=1S/C27H32N2O7/c1-5-28(6-2)12-7-13-29-24(17-8-10-19(33-3)21(14-17)34-4)23(26(31)27(29)32)25(30)18-9-11-20-22(15-18)36-16-35-20/h8-11,14-15,24,30H,5-7,12-13,16H2,1-4H3/b25-23+. The minimum atomic E-state index is -0.785. The van der Waals surface area contributed by atoms with Gasteiger partial charge in [-0.2, -0.15) is 0 Å². The van der Waals surface area contributed by atoms with Crippen LogP contribution in [0.15, 0.2) is 42.0 Å². The van der Waals surface area contributed by atoms with E-state index in [1.165, 1.54) is 19.1 Å². The number of aliphatic hydroxyl groups excluding tert-OH is 1. The number of amides is 1. The number of methoxy groups -OCH3 is 2. The lowest BCUT2D eigenvalue weighted by Crippen LogP contribution is -2.33. The molecule has 2 aliphatic heterocycles. The Kier molecular flexibility index (Phi) is 7.69. The molecule has 0 spiro atoms. The highest BCUT2D eigenvalue weighted by molar-refractivity contribution is 6.46. The van der Waals surface area contributed by atoms with Gasteiger partial charge in [-0.1, -0.05) is 19.9 Å². The zero-order valence-corrected chi connectivity index (χ0v) is 21.1. The third kappa shape index (κ3) is 4.70. The van der Waals surface area contributed by atoms with Crippen LogP contribution in [0.3, 0.4) is 0 Å². The molecule has 2 aliphatic rings. The second-order valence-corrected chi connectivity index (χ2v) is 8.56. The lowest BCUT2D eigenvalue weighted by atomic mass is 9.94. The van der Waals surface area contributed by atoms with Crippen LogP contribution in [-0.4, -0.2) is 73.8 Å². The third-order valence-corrected chi connectivity index (χ3v) is 6.68. The number of ether oxygens (including phenoxy) is 4. The van der Waals surface area contributed by atoms with E-state index in [2.05, 4.69) is 18.7 Å². The summed E-state index contributed by atoms with van der Waals surface area (Å²) in [4.78, 5) is 30.3. The third-order valence-electron chi connectivity index (χ3n) is 6.68. The first-order valence-corrected chi connectivity index (χ1v) is 12.1. The maximum Gasteiger partial charge on any atom is 0.295 e. The molecule has 9 nitrogen and oxygen atoms in total.